The molecular formula is C90H93Cl8N19O2S. The molecule has 0 unspecified atom stereocenters. The molecule has 15 rings (SSSR count). The molecule has 622 valence electrons. The Balaban J connectivity index is 0.000000151. The molecule has 21 nitrogen and oxygen atoms in total. The van der Waals surface area contributed by atoms with Crippen LogP contribution in [0.2, 0.25) is 40.2 Å². The van der Waals surface area contributed by atoms with Crippen molar-refractivity contribution in [3.63, 3.8) is 0 Å². The molecule has 2 saturated carbocycles. The maximum atomic E-state index is 12.2. The quantitative estimate of drug-likeness (QED) is 0.0292. The smallest absolute Gasteiger partial charge is 0.242 e. The Hall–Kier alpha value is -10.2. The number of benzene rings is 8. The number of halogens is 8. The zero-order valence-corrected chi connectivity index (χ0v) is 74.1. The lowest BCUT2D eigenvalue weighted by molar-refractivity contribution is 0.497. The van der Waals surface area contributed by atoms with Gasteiger partial charge >= 0.3 is 0 Å². The summed E-state index contributed by atoms with van der Waals surface area (Å²) >= 11 is 48.5. The second-order valence-corrected chi connectivity index (χ2v) is 34.7. The van der Waals surface area contributed by atoms with E-state index in [4.69, 9.17) is 126 Å². The first kappa shape index (κ1) is 86.2. The van der Waals surface area contributed by atoms with Crippen molar-refractivity contribution in [3.8, 4) is 56.3 Å². The van der Waals surface area contributed by atoms with Gasteiger partial charge in [-0.1, -0.05) is 191 Å². The van der Waals surface area contributed by atoms with Gasteiger partial charge in [0.15, 0.2) is 0 Å². The minimum atomic E-state index is -3.41. The lowest BCUT2D eigenvalue weighted by Gasteiger charge is -2.16. The van der Waals surface area contributed by atoms with Gasteiger partial charge in [0.1, 0.15) is 17.5 Å². The maximum Gasteiger partial charge on any atom is 0.242 e. The molecule has 0 aliphatic heterocycles. The van der Waals surface area contributed by atoms with Gasteiger partial charge < -0.3 is 44.6 Å². The van der Waals surface area contributed by atoms with E-state index in [2.05, 4.69) is 136 Å². The average Bonchev–Trinajstić information content (AvgIpc) is 1.55. The molecule has 5 heterocycles. The molecule has 2 aliphatic carbocycles. The van der Waals surface area contributed by atoms with Gasteiger partial charge in [-0.25, -0.2) is 47.6 Å². The third kappa shape index (κ3) is 24.5. The summed E-state index contributed by atoms with van der Waals surface area (Å²) in [7, 11) is -0.371. The van der Waals surface area contributed by atoms with Crippen LogP contribution in [0.5, 0.6) is 0 Å². The Morgan fingerprint density at radius 1 is 0.417 bits per heavy atom. The van der Waals surface area contributed by atoms with E-state index in [1.165, 1.54) is 53.5 Å². The number of hydrogen-bond acceptors (Lipinski definition) is 20. The van der Waals surface area contributed by atoms with Crippen LogP contribution in [0.25, 0.3) is 56.3 Å². The molecule has 0 spiro atoms. The molecule has 2 aliphatic rings. The van der Waals surface area contributed by atoms with Crippen LogP contribution >= 0.6 is 92.8 Å². The van der Waals surface area contributed by atoms with Gasteiger partial charge in [-0.15, -0.1) is 0 Å². The highest BCUT2D eigenvalue weighted by atomic mass is 35.5. The third-order valence-electron chi connectivity index (χ3n) is 20.3. The van der Waals surface area contributed by atoms with Gasteiger partial charge in [0.25, 0.3) is 0 Å². The van der Waals surface area contributed by atoms with Gasteiger partial charge in [-0.05, 0) is 228 Å². The van der Waals surface area contributed by atoms with Crippen LogP contribution in [0.15, 0.2) is 187 Å². The van der Waals surface area contributed by atoms with E-state index in [0.717, 1.165) is 98.7 Å². The number of nitrogens with zero attached hydrogens (tertiary/aromatic N) is 11. The number of anilines is 8. The fourth-order valence-electron chi connectivity index (χ4n) is 12.9. The summed E-state index contributed by atoms with van der Waals surface area (Å²) in [5.41, 5.74) is 49.6. The maximum absolute atomic E-state index is 12.2. The summed E-state index contributed by atoms with van der Waals surface area (Å²) in [6.45, 7) is 11.6. The van der Waals surface area contributed by atoms with E-state index in [0.29, 0.717) is 113 Å². The summed E-state index contributed by atoms with van der Waals surface area (Å²) in [5, 5.41) is 13.3. The van der Waals surface area contributed by atoms with Crippen molar-refractivity contribution in [2.45, 2.75) is 117 Å². The number of nitrogens with two attached hydrogens (primary N) is 5. The largest absolute Gasteiger partial charge is 0.370 e. The highest BCUT2D eigenvalue weighted by Crippen LogP contribution is 2.51. The second-order valence-electron chi connectivity index (χ2n) is 29.4. The van der Waals surface area contributed by atoms with Gasteiger partial charge in [0.2, 0.25) is 39.8 Å². The second kappa shape index (κ2) is 40.9. The number of aromatic nitrogens is 10. The highest BCUT2D eigenvalue weighted by Gasteiger charge is 2.43. The van der Waals surface area contributed by atoms with Crippen molar-refractivity contribution >= 4 is 150 Å². The number of nitrogen functional groups attached to an aromatic ring is 5. The summed E-state index contributed by atoms with van der Waals surface area (Å²) < 4.78 is 47.5. The molecule has 0 atom stereocenters. The van der Waals surface area contributed by atoms with Gasteiger partial charge in [0.05, 0.1) is 63.5 Å². The topological polar surface area (TPSA) is 332 Å². The Kier molecular flexibility index (Phi) is 29.4. The number of sulfonamides is 1. The van der Waals surface area contributed by atoms with E-state index in [1.807, 2.05) is 98.8 Å². The van der Waals surface area contributed by atoms with Crippen molar-refractivity contribution in [2.24, 2.45) is 5.41 Å². The van der Waals surface area contributed by atoms with E-state index in [-0.39, 0.29) is 45.5 Å². The van der Waals surface area contributed by atoms with Crippen LogP contribution in [0.4, 0.5) is 47.2 Å². The lowest BCUT2D eigenvalue weighted by atomic mass is 9.91. The first-order chi connectivity index (χ1) is 58.4. The van der Waals surface area contributed by atoms with E-state index >= 15 is 0 Å². The van der Waals surface area contributed by atoms with E-state index in [1.54, 1.807) is 54.6 Å². The average molecular weight is 1790 g/mol. The SMILES string of the molecule is Cc1cccc(-c2cc(CC3(Cc4ccc(Cl)cc4)CC3)nc(N)n2)c1C.Cc1cccc(-c2cc(NCCc3ccc(S(=O)(=O)N(C)C)cc3)nc(N)n2)c1C.Nc1nc(NC2CC2)cc(-c2ccc(Cl)c(Cl)c2Cl)n1.Nc1nc(NCCc2ccc(Cl)cc2)cc(-c2ccc(Cl)c(Cl)c2Cl)n1.[2H]C([2H])([2H])Cc1cc(-c2cccc(C)c2C)nc(N)n1. The molecule has 13 aromatic rings. The van der Waals surface area contributed by atoms with Crippen LogP contribution in [0.3, 0.4) is 0 Å². The van der Waals surface area contributed by atoms with Crippen molar-refractivity contribution in [2.75, 3.05) is 71.8 Å². The summed E-state index contributed by atoms with van der Waals surface area (Å²) in [4.78, 5) is 43.0. The highest BCUT2D eigenvalue weighted by molar-refractivity contribution is 7.89. The lowest BCUT2D eigenvalue weighted by Crippen LogP contribution is -2.22. The number of aryl methyl sites for hydroxylation is 4. The number of nitrogens with one attached hydrogen (secondary N) is 3. The predicted octanol–water partition coefficient (Wildman–Crippen LogP) is 22.0. The first-order valence-electron chi connectivity index (χ1n) is 39.8. The molecule has 0 bridgehead atoms. The Bertz CT molecular complexity index is 6060. The van der Waals surface area contributed by atoms with E-state index in [9.17, 15) is 8.42 Å². The van der Waals surface area contributed by atoms with Gasteiger partial charge in [-0.3, -0.25) is 0 Å². The van der Waals surface area contributed by atoms with E-state index < -0.39 is 16.9 Å². The third-order valence-corrected chi connectivity index (χ3v) is 25.2. The molecular weight excluding hydrogens is 1690 g/mol. The van der Waals surface area contributed by atoms with Crippen molar-refractivity contribution < 1.29 is 12.5 Å². The standard InChI is InChI=1S/C23H24ClN3.C22H27N5O2S.C18H14Cl4N4.C14H17N3.C13H11Cl3N4/c1-15-4-3-5-20(16(15)2)21-12-19(26-22(25)27-21)14-23(10-11-23)13-17-6-8-18(24)9-7-17;1-15-6-5-7-19(16(15)2)20-14-21(26-22(23)25-20)24-13-12-17-8-10-18(11-9-17)30(28,29)27(3)4;19-11-3-1-10(2-4-11)7-8-24-15-9-14(25-18(23)26-15)12-5-6-13(20)17(22)16(12)21;1-4-11-8-13(17-14(15)16-11)12-7-5-6-9(2)10(12)3;14-8-4-3-7(11(15)12(8)16)9-5-10(18-6-1-2-6)20-13(17)19-9/h3-9,12H,10-11,13-14H2,1-2H3,(H2,25,26,27);5-11,14H,12-13H2,1-4H3,(H3,23,24,25,26);1-6,9H,7-8H2,(H3,23,24,25,26);5-8H,4H2,1-3H3,(H2,15,16,17);3-6H,1-2H2,(H3,17,18,19,20)/i;;;1D3;. The first-order valence-corrected chi connectivity index (χ1v) is 42.8. The van der Waals surface area contributed by atoms with Gasteiger partial charge in [0, 0.05) is 105 Å². The predicted molar refractivity (Wildman–Crippen MR) is 498 cm³/mol. The summed E-state index contributed by atoms with van der Waals surface area (Å²) in [5.74, 6) is 2.94. The zero-order chi connectivity index (χ0) is 88.8. The zero-order valence-electron chi connectivity index (χ0n) is 70.2. The summed E-state index contributed by atoms with van der Waals surface area (Å²) in [6, 6.07) is 57.7. The number of rotatable bonds is 22. The summed E-state index contributed by atoms with van der Waals surface area (Å²) in [6.07, 6.45) is 8.12. The molecule has 13 N–H and O–H groups in total. The Morgan fingerprint density at radius 2 is 0.783 bits per heavy atom. The van der Waals surface area contributed by atoms with Gasteiger partial charge in [-0.2, -0.15) is 15.0 Å². The molecule has 120 heavy (non-hydrogen) atoms. The fraction of sp³-hybridized carbons (Fsp3) is 0.244. The van der Waals surface area contributed by atoms with Crippen LogP contribution in [0, 0.1) is 47.0 Å². The molecule has 0 amide bonds. The molecule has 2 fully saturated rings. The molecule has 5 aromatic heterocycles. The van der Waals surface area contributed by atoms with Crippen LogP contribution in [-0.4, -0.2) is 95.8 Å². The minimum absolute atomic E-state index is 0.0997. The van der Waals surface area contributed by atoms with Crippen molar-refractivity contribution in [3.05, 3.63) is 284 Å². The van der Waals surface area contributed by atoms with Crippen molar-refractivity contribution in [1.29, 1.82) is 0 Å². The normalized spacial score (nSPS) is 13.0. The molecule has 0 saturated heterocycles. The number of hydrogen-bond donors (Lipinski definition) is 8. The Labute approximate surface area is 745 Å². The van der Waals surface area contributed by atoms with Crippen LogP contribution in [-0.2, 0) is 42.1 Å². The van der Waals surface area contributed by atoms with Crippen molar-refractivity contribution in [1.82, 2.24) is 54.1 Å². The fourth-order valence-corrected chi connectivity index (χ4v) is 15.3. The molecule has 30 heteroatoms. The monoisotopic (exact) mass is 1790 g/mol. The Morgan fingerprint density at radius 3 is 1.19 bits per heavy atom. The molecule has 8 aromatic carbocycles. The molecule has 0 radical (unpaired) electrons. The van der Waals surface area contributed by atoms with Crippen LogP contribution < -0.4 is 44.6 Å². The van der Waals surface area contributed by atoms with Crippen LogP contribution in [0.1, 0.15) is 98.1 Å². The minimum Gasteiger partial charge on any atom is -0.370 e.